The molecule has 4 N–H and O–H groups in total. The Morgan fingerprint density at radius 1 is 1.28 bits per heavy atom. The maximum Gasteiger partial charge on any atom is 0.264 e. The summed E-state index contributed by atoms with van der Waals surface area (Å²) in [5, 5.41) is 24.3. The van der Waals surface area contributed by atoms with E-state index in [2.05, 4.69) is 10.3 Å². The van der Waals surface area contributed by atoms with Gasteiger partial charge in [-0.05, 0) is 36.2 Å². The molecule has 166 valence electrons. The molecule has 0 bridgehead atoms. The molecule has 1 aliphatic rings. The molecule has 2 aromatic carbocycles. The predicted molar refractivity (Wildman–Crippen MR) is 124 cm³/mol. The first kappa shape index (κ1) is 21.8. The van der Waals surface area contributed by atoms with Gasteiger partial charge in [0.2, 0.25) is 5.91 Å². The Labute approximate surface area is 186 Å². The Morgan fingerprint density at radius 3 is 2.84 bits per heavy atom. The number of nitrogens with one attached hydrogen (secondary N) is 2. The SMILES string of the molecule is C[C@@H](/C=C/CCO)[C@]1(O)C(=O)N(C)c2ccc(NC(=O)Cc3c[nH]c4ccccc34)cc21. The van der Waals surface area contributed by atoms with Gasteiger partial charge in [0.1, 0.15) is 0 Å². The van der Waals surface area contributed by atoms with Crippen molar-refractivity contribution in [2.75, 3.05) is 23.9 Å². The highest BCUT2D eigenvalue weighted by Gasteiger charge is 2.51. The Morgan fingerprint density at radius 2 is 2.06 bits per heavy atom. The fraction of sp³-hybridized carbons (Fsp3) is 0.280. The average molecular weight is 434 g/mol. The first-order valence-corrected chi connectivity index (χ1v) is 10.6. The molecule has 0 unspecified atom stereocenters. The van der Waals surface area contributed by atoms with Crippen LogP contribution in [0, 0.1) is 5.92 Å². The van der Waals surface area contributed by atoms with Crippen LogP contribution in [0.15, 0.2) is 60.8 Å². The van der Waals surface area contributed by atoms with Gasteiger partial charge in [-0.25, -0.2) is 0 Å². The number of H-pyrrole nitrogens is 1. The molecule has 0 fully saturated rings. The highest BCUT2D eigenvalue weighted by atomic mass is 16.3. The van der Waals surface area contributed by atoms with E-state index in [0.717, 1.165) is 16.5 Å². The number of nitrogens with zero attached hydrogens (tertiary/aromatic N) is 1. The number of carbonyl (C=O) groups excluding carboxylic acids is 2. The van der Waals surface area contributed by atoms with Crippen molar-refractivity contribution in [1.82, 2.24) is 4.98 Å². The summed E-state index contributed by atoms with van der Waals surface area (Å²) in [6, 6.07) is 12.9. The minimum absolute atomic E-state index is 0.00130. The molecule has 0 aliphatic carbocycles. The summed E-state index contributed by atoms with van der Waals surface area (Å²) in [5.41, 5.74) is 1.70. The predicted octanol–water partition coefficient (Wildman–Crippen LogP) is 3.09. The zero-order chi connectivity index (χ0) is 22.9. The van der Waals surface area contributed by atoms with E-state index >= 15 is 0 Å². The summed E-state index contributed by atoms with van der Waals surface area (Å²) in [4.78, 5) is 30.3. The molecule has 2 amide bonds. The summed E-state index contributed by atoms with van der Waals surface area (Å²) < 4.78 is 0. The third kappa shape index (κ3) is 3.70. The van der Waals surface area contributed by atoms with Crippen LogP contribution in [0.25, 0.3) is 10.9 Å². The summed E-state index contributed by atoms with van der Waals surface area (Å²) in [7, 11) is 1.62. The normalized spacial score (nSPS) is 19.0. The van der Waals surface area contributed by atoms with Crippen LogP contribution in [0.4, 0.5) is 11.4 Å². The van der Waals surface area contributed by atoms with Crippen molar-refractivity contribution in [1.29, 1.82) is 0 Å². The molecule has 0 saturated carbocycles. The summed E-state index contributed by atoms with van der Waals surface area (Å²) in [6.45, 7) is 1.76. The van der Waals surface area contributed by atoms with Crippen LogP contribution in [-0.2, 0) is 21.6 Å². The number of fused-ring (bicyclic) bond motifs is 2. The fourth-order valence-corrected chi connectivity index (χ4v) is 4.30. The molecule has 7 heteroatoms. The maximum atomic E-state index is 12.9. The van der Waals surface area contributed by atoms with Gasteiger partial charge in [-0.1, -0.05) is 37.3 Å². The van der Waals surface area contributed by atoms with Crippen LogP contribution >= 0.6 is 0 Å². The standard InChI is InChI=1S/C25H27N3O4/c1-16(7-5-6-12-29)25(32)20-14-18(10-11-22(20)28(2)24(25)31)27-23(30)13-17-15-26-21-9-4-3-8-19(17)21/h3-5,7-11,14-16,26,29,32H,6,12-13H2,1-2H3,(H,27,30)/b7-5+/t16-,25+/m0/s1. The number of para-hydroxylation sites is 1. The molecule has 0 spiro atoms. The number of aliphatic hydroxyl groups excluding tert-OH is 1. The first-order chi connectivity index (χ1) is 15.4. The van der Waals surface area contributed by atoms with E-state index < -0.39 is 17.4 Å². The monoisotopic (exact) mass is 433 g/mol. The average Bonchev–Trinajstić information content (AvgIpc) is 3.27. The van der Waals surface area contributed by atoms with Crippen molar-refractivity contribution in [2.45, 2.75) is 25.4 Å². The van der Waals surface area contributed by atoms with Gasteiger partial charge < -0.3 is 25.4 Å². The lowest BCUT2D eigenvalue weighted by Gasteiger charge is -2.27. The van der Waals surface area contributed by atoms with Gasteiger partial charge in [0.25, 0.3) is 5.91 Å². The Kier molecular flexibility index (Phi) is 5.86. The van der Waals surface area contributed by atoms with Crippen molar-refractivity contribution in [3.05, 3.63) is 71.9 Å². The lowest BCUT2D eigenvalue weighted by Crippen LogP contribution is -2.43. The molecular weight excluding hydrogens is 406 g/mol. The van der Waals surface area contributed by atoms with E-state index in [1.165, 1.54) is 4.90 Å². The van der Waals surface area contributed by atoms with E-state index in [-0.39, 0.29) is 18.9 Å². The Bertz CT molecular complexity index is 1200. The van der Waals surface area contributed by atoms with Gasteiger partial charge in [-0.15, -0.1) is 0 Å². The highest BCUT2D eigenvalue weighted by Crippen LogP contribution is 2.45. The van der Waals surface area contributed by atoms with Crippen LogP contribution in [-0.4, -0.2) is 40.7 Å². The second kappa shape index (κ2) is 8.61. The fourth-order valence-electron chi connectivity index (χ4n) is 4.30. The topological polar surface area (TPSA) is 106 Å². The third-order valence-corrected chi connectivity index (χ3v) is 6.09. The molecule has 0 saturated heterocycles. The number of anilines is 2. The van der Waals surface area contributed by atoms with Crippen LogP contribution < -0.4 is 10.2 Å². The van der Waals surface area contributed by atoms with Crippen molar-refractivity contribution in [3.8, 4) is 0 Å². The lowest BCUT2D eigenvalue weighted by molar-refractivity contribution is -0.139. The van der Waals surface area contributed by atoms with E-state index in [1.807, 2.05) is 30.5 Å². The quantitative estimate of drug-likeness (QED) is 0.430. The molecule has 1 aromatic heterocycles. The minimum Gasteiger partial charge on any atom is -0.396 e. The molecule has 3 aromatic rings. The largest absolute Gasteiger partial charge is 0.396 e. The number of aromatic amines is 1. The van der Waals surface area contributed by atoms with Gasteiger partial charge in [0.05, 0.1) is 12.1 Å². The second-order valence-corrected chi connectivity index (χ2v) is 8.18. The zero-order valence-electron chi connectivity index (χ0n) is 18.1. The van der Waals surface area contributed by atoms with Crippen molar-refractivity contribution in [2.24, 2.45) is 5.92 Å². The molecule has 32 heavy (non-hydrogen) atoms. The van der Waals surface area contributed by atoms with Gasteiger partial charge in [0, 0.05) is 47.9 Å². The lowest BCUT2D eigenvalue weighted by atomic mass is 9.82. The van der Waals surface area contributed by atoms with E-state index in [9.17, 15) is 14.7 Å². The summed E-state index contributed by atoms with van der Waals surface area (Å²) >= 11 is 0. The molecular formula is C25H27N3O4. The Hall–Kier alpha value is -3.42. The minimum atomic E-state index is -1.74. The summed E-state index contributed by atoms with van der Waals surface area (Å²) in [6.07, 6.45) is 5.96. The molecule has 4 rings (SSSR count). The van der Waals surface area contributed by atoms with Gasteiger partial charge >= 0.3 is 0 Å². The number of likely N-dealkylation sites (N-methyl/N-ethyl adjacent to an activating group) is 1. The van der Waals surface area contributed by atoms with Crippen LogP contribution in [0.1, 0.15) is 24.5 Å². The number of benzene rings is 2. The van der Waals surface area contributed by atoms with E-state index in [4.69, 9.17) is 5.11 Å². The molecule has 2 atom stereocenters. The van der Waals surface area contributed by atoms with Crippen LogP contribution in [0.3, 0.4) is 0 Å². The summed E-state index contributed by atoms with van der Waals surface area (Å²) in [5.74, 6) is -1.12. The van der Waals surface area contributed by atoms with Crippen molar-refractivity contribution >= 4 is 34.1 Å². The maximum absolute atomic E-state index is 12.9. The van der Waals surface area contributed by atoms with Crippen molar-refractivity contribution < 1.29 is 19.8 Å². The second-order valence-electron chi connectivity index (χ2n) is 8.18. The first-order valence-electron chi connectivity index (χ1n) is 10.6. The molecule has 2 heterocycles. The van der Waals surface area contributed by atoms with Crippen molar-refractivity contribution in [3.63, 3.8) is 0 Å². The number of hydrogen-bond acceptors (Lipinski definition) is 4. The molecule has 7 nitrogen and oxygen atoms in total. The smallest absolute Gasteiger partial charge is 0.264 e. The Balaban J connectivity index is 1.58. The number of aliphatic hydroxyl groups is 2. The van der Waals surface area contributed by atoms with Gasteiger partial charge in [-0.2, -0.15) is 0 Å². The molecule has 0 radical (unpaired) electrons. The zero-order valence-corrected chi connectivity index (χ0v) is 18.1. The highest BCUT2D eigenvalue weighted by molar-refractivity contribution is 6.07. The number of amides is 2. The number of aromatic nitrogens is 1. The van der Waals surface area contributed by atoms with E-state index in [1.54, 1.807) is 44.3 Å². The number of hydrogen-bond donors (Lipinski definition) is 4. The van der Waals surface area contributed by atoms with Gasteiger partial charge in [-0.3, -0.25) is 9.59 Å². The third-order valence-electron chi connectivity index (χ3n) is 6.09. The van der Waals surface area contributed by atoms with Crippen LogP contribution in [0.2, 0.25) is 0 Å². The van der Waals surface area contributed by atoms with Crippen LogP contribution in [0.5, 0.6) is 0 Å². The number of rotatable bonds is 7. The van der Waals surface area contributed by atoms with E-state index in [0.29, 0.717) is 23.4 Å². The van der Waals surface area contributed by atoms with Gasteiger partial charge in [0.15, 0.2) is 5.60 Å². The number of carbonyl (C=O) groups is 2. The molecule has 1 aliphatic heterocycles.